The summed E-state index contributed by atoms with van der Waals surface area (Å²) >= 11 is 12.1. The summed E-state index contributed by atoms with van der Waals surface area (Å²) < 4.78 is 49.7. The Labute approximate surface area is 198 Å². The number of rotatable bonds is 7. The molecule has 3 rings (SSSR count). The van der Waals surface area contributed by atoms with Crippen LogP contribution in [0.25, 0.3) is 0 Å². The molecule has 0 aliphatic rings. The fourth-order valence-corrected chi connectivity index (χ4v) is 3.34. The summed E-state index contributed by atoms with van der Waals surface area (Å²) in [7, 11) is 0. The fourth-order valence-electron chi connectivity index (χ4n) is 2.96. The van der Waals surface area contributed by atoms with Gasteiger partial charge in [-0.1, -0.05) is 53.5 Å². The second-order valence-corrected chi connectivity index (χ2v) is 7.79. The van der Waals surface area contributed by atoms with Crippen molar-refractivity contribution in [3.8, 4) is 23.3 Å². The van der Waals surface area contributed by atoms with E-state index >= 15 is 0 Å². The highest BCUT2D eigenvalue weighted by molar-refractivity contribution is 6.32. The maximum Gasteiger partial charge on any atom is 0.416 e. The van der Waals surface area contributed by atoms with E-state index in [0.717, 1.165) is 18.2 Å². The molecule has 0 heterocycles. The smallest absolute Gasteiger partial charge is 0.416 e. The van der Waals surface area contributed by atoms with Crippen molar-refractivity contribution < 1.29 is 27.4 Å². The van der Waals surface area contributed by atoms with Gasteiger partial charge in [0, 0.05) is 6.07 Å². The van der Waals surface area contributed by atoms with Gasteiger partial charge in [0.05, 0.1) is 21.7 Å². The van der Waals surface area contributed by atoms with E-state index in [0.29, 0.717) is 5.56 Å². The lowest BCUT2D eigenvalue weighted by molar-refractivity contribution is -0.137. The van der Waals surface area contributed by atoms with Crippen LogP contribution in [0, 0.1) is 11.3 Å². The molecule has 3 aromatic carbocycles. The zero-order valence-electron chi connectivity index (χ0n) is 17.1. The van der Waals surface area contributed by atoms with Crippen LogP contribution in [0.4, 0.5) is 13.2 Å². The highest BCUT2D eigenvalue weighted by atomic mass is 35.5. The van der Waals surface area contributed by atoms with Crippen LogP contribution in [0.15, 0.2) is 66.7 Å². The van der Waals surface area contributed by atoms with Crippen LogP contribution < -0.4 is 9.47 Å². The largest absolute Gasteiger partial charge is 0.481 e. The van der Waals surface area contributed by atoms with Crippen molar-refractivity contribution in [2.24, 2.45) is 0 Å². The van der Waals surface area contributed by atoms with E-state index < -0.39 is 29.5 Å². The molecular weight excluding hydrogens is 478 g/mol. The van der Waals surface area contributed by atoms with Crippen molar-refractivity contribution in [3.63, 3.8) is 0 Å². The van der Waals surface area contributed by atoms with Gasteiger partial charge in [0.2, 0.25) is 0 Å². The number of hydrogen-bond acceptors (Lipinski definition) is 4. The van der Waals surface area contributed by atoms with Gasteiger partial charge in [0.15, 0.2) is 11.9 Å². The number of carbonyl (C=O) groups excluding carboxylic acids is 1. The number of carbonyl (C=O) groups is 1. The summed E-state index contributed by atoms with van der Waals surface area (Å²) in [4.78, 5) is 12.8. The predicted molar refractivity (Wildman–Crippen MR) is 118 cm³/mol. The van der Waals surface area contributed by atoms with Crippen molar-refractivity contribution >= 4 is 29.0 Å². The SMILES string of the molecule is CC(Oc1cc(Oc2ccc(C(F)(F)F)cc2Cl)ccc1Cl)C(=O)C(C#N)c1ccccc1. The second-order valence-electron chi connectivity index (χ2n) is 6.97. The predicted octanol–water partition coefficient (Wildman–Crippen LogP) is 7.45. The summed E-state index contributed by atoms with van der Waals surface area (Å²) in [6, 6.07) is 17.6. The van der Waals surface area contributed by atoms with Gasteiger partial charge in [-0.15, -0.1) is 0 Å². The molecule has 0 N–H and O–H groups in total. The van der Waals surface area contributed by atoms with Crippen LogP contribution >= 0.6 is 23.2 Å². The Hall–Kier alpha value is -3.21. The van der Waals surface area contributed by atoms with E-state index in [9.17, 15) is 23.2 Å². The molecule has 0 fully saturated rings. The lowest BCUT2D eigenvalue weighted by atomic mass is 9.93. The summed E-state index contributed by atoms with van der Waals surface area (Å²) in [5.41, 5.74) is -0.363. The topological polar surface area (TPSA) is 59.3 Å². The van der Waals surface area contributed by atoms with Gasteiger partial charge in [-0.3, -0.25) is 4.79 Å². The summed E-state index contributed by atoms with van der Waals surface area (Å²) in [6.45, 7) is 1.49. The van der Waals surface area contributed by atoms with Gasteiger partial charge in [0.1, 0.15) is 23.2 Å². The number of hydrogen-bond donors (Lipinski definition) is 0. The molecule has 33 heavy (non-hydrogen) atoms. The molecule has 0 aliphatic heterocycles. The zero-order valence-corrected chi connectivity index (χ0v) is 18.6. The summed E-state index contributed by atoms with van der Waals surface area (Å²) in [5, 5.41) is 9.41. The Balaban J connectivity index is 1.78. The average Bonchev–Trinajstić information content (AvgIpc) is 2.77. The zero-order chi connectivity index (χ0) is 24.2. The third-order valence-corrected chi connectivity index (χ3v) is 5.25. The number of nitriles is 1. The lowest BCUT2D eigenvalue weighted by Gasteiger charge is -2.18. The maximum atomic E-state index is 12.8. The minimum absolute atomic E-state index is 0.00399. The van der Waals surface area contributed by atoms with Crippen molar-refractivity contribution in [1.29, 1.82) is 5.26 Å². The molecule has 0 aliphatic carbocycles. The number of ketones is 1. The highest BCUT2D eigenvalue weighted by Crippen LogP contribution is 2.38. The Bertz CT molecular complexity index is 1190. The summed E-state index contributed by atoms with van der Waals surface area (Å²) in [5.74, 6) is -1.21. The fraction of sp³-hybridized carbons (Fsp3) is 0.167. The molecule has 170 valence electrons. The number of benzene rings is 3. The number of Topliss-reactive ketones (excluding diaryl/α,β-unsaturated/α-hetero) is 1. The number of nitrogens with zero attached hydrogens (tertiary/aromatic N) is 1. The van der Waals surface area contributed by atoms with E-state index in [4.69, 9.17) is 32.7 Å². The van der Waals surface area contributed by atoms with Crippen molar-refractivity contribution in [2.45, 2.75) is 25.1 Å². The normalized spacial score (nSPS) is 13.0. The highest BCUT2D eigenvalue weighted by Gasteiger charge is 2.31. The molecule has 0 amide bonds. The van der Waals surface area contributed by atoms with Crippen LogP contribution in [0.1, 0.15) is 24.0 Å². The molecule has 0 aromatic heterocycles. The molecule has 2 unspecified atom stereocenters. The van der Waals surface area contributed by atoms with Gasteiger partial charge in [-0.25, -0.2) is 0 Å². The molecule has 4 nitrogen and oxygen atoms in total. The Morgan fingerprint density at radius 2 is 1.67 bits per heavy atom. The average molecular weight is 494 g/mol. The van der Waals surface area contributed by atoms with Gasteiger partial charge in [-0.2, -0.15) is 18.4 Å². The van der Waals surface area contributed by atoms with Crippen molar-refractivity contribution in [1.82, 2.24) is 0 Å². The van der Waals surface area contributed by atoms with E-state index in [2.05, 4.69) is 0 Å². The van der Waals surface area contributed by atoms with Crippen LogP contribution in [0.3, 0.4) is 0 Å². The first kappa shape index (κ1) is 24.4. The molecule has 3 aromatic rings. The van der Waals surface area contributed by atoms with Crippen LogP contribution in [0.2, 0.25) is 10.0 Å². The van der Waals surface area contributed by atoms with Crippen molar-refractivity contribution in [3.05, 3.63) is 87.9 Å². The lowest BCUT2D eigenvalue weighted by Crippen LogP contribution is -2.28. The molecule has 9 heteroatoms. The summed E-state index contributed by atoms with van der Waals surface area (Å²) in [6.07, 6.45) is -5.55. The first-order chi connectivity index (χ1) is 15.6. The Morgan fingerprint density at radius 1 is 0.970 bits per heavy atom. The van der Waals surface area contributed by atoms with Gasteiger partial charge >= 0.3 is 6.18 Å². The molecule has 0 saturated carbocycles. The van der Waals surface area contributed by atoms with Crippen molar-refractivity contribution in [2.75, 3.05) is 0 Å². The first-order valence-electron chi connectivity index (χ1n) is 9.59. The minimum atomic E-state index is -4.53. The van der Waals surface area contributed by atoms with E-state index in [1.54, 1.807) is 30.3 Å². The number of alkyl halides is 3. The van der Waals surface area contributed by atoms with Crippen LogP contribution in [0.5, 0.6) is 17.2 Å². The quantitative estimate of drug-likeness (QED) is 0.342. The van der Waals surface area contributed by atoms with Crippen LogP contribution in [-0.4, -0.2) is 11.9 Å². The van der Waals surface area contributed by atoms with E-state index in [1.165, 1.54) is 25.1 Å². The minimum Gasteiger partial charge on any atom is -0.481 e. The third kappa shape index (κ3) is 5.98. The number of halogens is 5. The molecule has 0 bridgehead atoms. The van der Waals surface area contributed by atoms with E-state index in [1.807, 2.05) is 6.07 Å². The van der Waals surface area contributed by atoms with Crippen LogP contribution in [-0.2, 0) is 11.0 Å². The van der Waals surface area contributed by atoms with Gasteiger partial charge in [0.25, 0.3) is 0 Å². The Kier molecular flexibility index (Phi) is 7.52. The van der Waals surface area contributed by atoms with Gasteiger partial charge < -0.3 is 9.47 Å². The molecule has 2 atom stereocenters. The maximum absolute atomic E-state index is 12.8. The number of ether oxygens (including phenoxy) is 2. The third-order valence-electron chi connectivity index (χ3n) is 4.64. The molecule has 0 radical (unpaired) electrons. The molecule has 0 saturated heterocycles. The standard InChI is InChI=1S/C24H16Cl2F3NO3/c1-14(23(31)18(13-30)15-5-3-2-4-6-15)32-22-12-17(8-9-19(22)25)33-21-10-7-16(11-20(21)26)24(27,28)29/h2-12,14,18H,1H3. The monoisotopic (exact) mass is 493 g/mol. The molecular formula is C24H16Cl2F3NO3. The van der Waals surface area contributed by atoms with E-state index in [-0.39, 0.29) is 27.3 Å². The Morgan fingerprint density at radius 3 is 2.27 bits per heavy atom. The second kappa shape index (κ2) is 10.2. The molecule has 0 spiro atoms. The van der Waals surface area contributed by atoms with Gasteiger partial charge in [-0.05, 0) is 42.8 Å². The first-order valence-corrected chi connectivity index (χ1v) is 10.3.